The molecule has 0 saturated carbocycles. The largest absolute Gasteiger partial charge is 0.268 e. The van der Waals surface area contributed by atoms with Crippen LogP contribution in [-0.4, -0.2) is 9.55 Å². The Morgan fingerprint density at radius 3 is 2.34 bits per heavy atom. The lowest BCUT2D eigenvalue weighted by molar-refractivity contribution is 0.819. The highest BCUT2D eigenvalue weighted by molar-refractivity contribution is 7.98. The third-order valence-electron chi connectivity index (χ3n) is 4.80. The van der Waals surface area contributed by atoms with E-state index in [9.17, 15) is 4.79 Å². The van der Waals surface area contributed by atoms with Crippen LogP contribution in [0.15, 0.2) is 82.7 Å². The van der Waals surface area contributed by atoms with Crippen LogP contribution in [0.2, 0.25) is 0 Å². The van der Waals surface area contributed by atoms with E-state index in [1.807, 2.05) is 60.7 Å². The van der Waals surface area contributed by atoms with Gasteiger partial charge in [-0.2, -0.15) is 5.26 Å². The van der Waals surface area contributed by atoms with Crippen LogP contribution < -0.4 is 5.56 Å². The molecular formula is C24H19N3OS. The summed E-state index contributed by atoms with van der Waals surface area (Å²) in [5.74, 6) is 0.656. The summed E-state index contributed by atoms with van der Waals surface area (Å²) in [5, 5.41) is 10.2. The van der Waals surface area contributed by atoms with Gasteiger partial charge in [0.15, 0.2) is 5.16 Å². The number of hydrogen-bond donors (Lipinski definition) is 0. The Hall–Kier alpha value is -3.36. The first kappa shape index (κ1) is 19.0. The van der Waals surface area contributed by atoms with Crippen molar-refractivity contribution in [3.63, 3.8) is 0 Å². The van der Waals surface area contributed by atoms with Crippen LogP contribution in [0.3, 0.4) is 0 Å². The lowest BCUT2D eigenvalue weighted by Gasteiger charge is -2.13. The van der Waals surface area contributed by atoms with Gasteiger partial charge in [-0.3, -0.25) is 9.36 Å². The standard InChI is InChI=1S/C24H19N3OS/c1-2-17-11-13-20(14-12-17)27-23(28)21-5-3-4-6-22(21)26-24(27)29-16-19-9-7-18(15-25)8-10-19/h3-14H,2,16H2,1H3. The van der Waals surface area contributed by atoms with Crippen LogP contribution in [0.25, 0.3) is 16.6 Å². The number of thioether (sulfide) groups is 1. The third-order valence-corrected chi connectivity index (χ3v) is 5.81. The third kappa shape index (κ3) is 3.94. The lowest BCUT2D eigenvalue weighted by Crippen LogP contribution is -2.21. The maximum Gasteiger partial charge on any atom is 0.266 e. The maximum absolute atomic E-state index is 13.3. The topological polar surface area (TPSA) is 58.7 Å². The Bertz CT molecular complexity index is 1250. The fourth-order valence-electron chi connectivity index (χ4n) is 3.14. The molecule has 0 bridgehead atoms. The van der Waals surface area contributed by atoms with Gasteiger partial charge in [0, 0.05) is 5.75 Å². The van der Waals surface area contributed by atoms with Gasteiger partial charge in [-0.25, -0.2) is 4.98 Å². The zero-order chi connectivity index (χ0) is 20.2. The van der Waals surface area contributed by atoms with Crippen molar-refractivity contribution >= 4 is 22.7 Å². The minimum Gasteiger partial charge on any atom is -0.268 e. The highest BCUT2D eigenvalue weighted by Gasteiger charge is 2.13. The van der Waals surface area contributed by atoms with Crippen LogP contribution in [0.4, 0.5) is 0 Å². The quantitative estimate of drug-likeness (QED) is 0.347. The molecule has 0 unspecified atom stereocenters. The van der Waals surface area contributed by atoms with Crippen molar-refractivity contribution in [3.05, 3.63) is 99.8 Å². The van der Waals surface area contributed by atoms with Crippen LogP contribution >= 0.6 is 11.8 Å². The van der Waals surface area contributed by atoms with Gasteiger partial charge in [-0.15, -0.1) is 0 Å². The lowest BCUT2D eigenvalue weighted by atomic mass is 10.1. The molecule has 5 heteroatoms. The molecule has 1 heterocycles. The molecule has 3 aromatic carbocycles. The van der Waals surface area contributed by atoms with Crippen molar-refractivity contribution in [1.82, 2.24) is 9.55 Å². The Kier molecular flexibility index (Phi) is 5.46. The number of nitrogens with zero attached hydrogens (tertiary/aromatic N) is 3. The molecule has 0 aliphatic rings. The van der Waals surface area contributed by atoms with E-state index in [4.69, 9.17) is 10.2 Å². The predicted octanol–water partition coefficient (Wildman–Crippen LogP) is 5.11. The Morgan fingerprint density at radius 1 is 0.966 bits per heavy atom. The molecule has 1 aromatic heterocycles. The molecule has 0 N–H and O–H groups in total. The first-order chi connectivity index (χ1) is 14.2. The summed E-state index contributed by atoms with van der Waals surface area (Å²) in [7, 11) is 0. The molecule has 0 atom stereocenters. The normalized spacial score (nSPS) is 10.8. The molecule has 0 aliphatic carbocycles. The SMILES string of the molecule is CCc1ccc(-n2c(SCc3ccc(C#N)cc3)nc3ccccc3c2=O)cc1. The van der Waals surface area contributed by atoms with Crippen LogP contribution in [0, 0.1) is 11.3 Å². The monoisotopic (exact) mass is 397 g/mol. The van der Waals surface area contributed by atoms with E-state index >= 15 is 0 Å². The molecule has 4 rings (SSSR count). The summed E-state index contributed by atoms with van der Waals surface area (Å²) in [6, 6.07) is 25.1. The Balaban J connectivity index is 1.78. The van der Waals surface area contributed by atoms with E-state index in [2.05, 4.69) is 13.0 Å². The molecule has 0 saturated heterocycles. The van der Waals surface area contributed by atoms with E-state index < -0.39 is 0 Å². The van der Waals surface area contributed by atoms with E-state index in [0.717, 1.165) is 17.7 Å². The molecule has 0 spiro atoms. The van der Waals surface area contributed by atoms with Crippen LogP contribution in [0.1, 0.15) is 23.6 Å². The fraction of sp³-hybridized carbons (Fsp3) is 0.125. The van der Waals surface area contributed by atoms with Gasteiger partial charge in [-0.1, -0.05) is 55.1 Å². The number of aryl methyl sites for hydroxylation is 1. The van der Waals surface area contributed by atoms with Crippen molar-refractivity contribution in [2.45, 2.75) is 24.3 Å². The van der Waals surface area contributed by atoms with Gasteiger partial charge in [0.05, 0.1) is 28.2 Å². The second-order valence-electron chi connectivity index (χ2n) is 6.67. The predicted molar refractivity (Wildman–Crippen MR) is 117 cm³/mol. The van der Waals surface area contributed by atoms with Crippen LogP contribution in [0.5, 0.6) is 0 Å². The molecule has 4 nitrogen and oxygen atoms in total. The van der Waals surface area contributed by atoms with Gasteiger partial charge in [0.1, 0.15) is 0 Å². The van der Waals surface area contributed by atoms with Gasteiger partial charge >= 0.3 is 0 Å². The molecule has 0 fully saturated rings. The van der Waals surface area contributed by atoms with Crippen LogP contribution in [-0.2, 0) is 12.2 Å². The highest BCUT2D eigenvalue weighted by Crippen LogP contribution is 2.25. The van der Waals surface area contributed by atoms with E-state index in [0.29, 0.717) is 27.4 Å². The van der Waals surface area contributed by atoms with Gasteiger partial charge in [0.2, 0.25) is 0 Å². The maximum atomic E-state index is 13.3. The number of nitriles is 1. The van der Waals surface area contributed by atoms with Gasteiger partial charge in [0.25, 0.3) is 5.56 Å². The number of fused-ring (bicyclic) bond motifs is 1. The molecule has 29 heavy (non-hydrogen) atoms. The summed E-state index contributed by atoms with van der Waals surface area (Å²) in [6.45, 7) is 2.11. The Labute approximate surface area is 173 Å². The minimum atomic E-state index is -0.0674. The summed E-state index contributed by atoms with van der Waals surface area (Å²) < 4.78 is 1.69. The van der Waals surface area contributed by atoms with Crippen molar-refractivity contribution in [3.8, 4) is 11.8 Å². The average molecular weight is 398 g/mol. The van der Waals surface area contributed by atoms with Gasteiger partial charge < -0.3 is 0 Å². The number of rotatable bonds is 5. The van der Waals surface area contributed by atoms with E-state index in [-0.39, 0.29) is 5.56 Å². The summed E-state index contributed by atoms with van der Waals surface area (Å²) in [5.41, 5.74) is 4.37. The summed E-state index contributed by atoms with van der Waals surface area (Å²) >= 11 is 1.52. The van der Waals surface area contributed by atoms with E-state index in [1.165, 1.54) is 17.3 Å². The number of para-hydroxylation sites is 1. The minimum absolute atomic E-state index is 0.0674. The zero-order valence-electron chi connectivity index (χ0n) is 16.0. The highest BCUT2D eigenvalue weighted by atomic mass is 32.2. The first-order valence-corrected chi connectivity index (χ1v) is 10.4. The summed E-state index contributed by atoms with van der Waals surface area (Å²) in [4.78, 5) is 18.0. The molecule has 0 radical (unpaired) electrons. The summed E-state index contributed by atoms with van der Waals surface area (Å²) in [6.07, 6.45) is 0.950. The van der Waals surface area contributed by atoms with Crippen molar-refractivity contribution in [2.75, 3.05) is 0 Å². The second kappa shape index (κ2) is 8.34. The molecule has 4 aromatic rings. The average Bonchev–Trinajstić information content (AvgIpc) is 2.78. The zero-order valence-corrected chi connectivity index (χ0v) is 16.8. The smallest absolute Gasteiger partial charge is 0.266 e. The fourth-order valence-corrected chi connectivity index (χ4v) is 4.11. The first-order valence-electron chi connectivity index (χ1n) is 9.42. The molecular weight excluding hydrogens is 378 g/mol. The van der Waals surface area contributed by atoms with Crippen molar-refractivity contribution in [2.24, 2.45) is 0 Å². The number of benzene rings is 3. The number of aromatic nitrogens is 2. The van der Waals surface area contributed by atoms with Gasteiger partial charge in [-0.05, 0) is 53.9 Å². The number of hydrogen-bond acceptors (Lipinski definition) is 4. The molecule has 0 amide bonds. The van der Waals surface area contributed by atoms with Crippen molar-refractivity contribution < 1.29 is 0 Å². The molecule has 0 aliphatic heterocycles. The second-order valence-corrected chi connectivity index (χ2v) is 7.61. The molecule has 142 valence electrons. The Morgan fingerprint density at radius 2 is 1.66 bits per heavy atom. The van der Waals surface area contributed by atoms with Crippen molar-refractivity contribution in [1.29, 1.82) is 5.26 Å². The van der Waals surface area contributed by atoms with E-state index in [1.54, 1.807) is 16.7 Å².